The van der Waals surface area contributed by atoms with E-state index in [2.05, 4.69) is 10.3 Å². The van der Waals surface area contributed by atoms with Crippen molar-refractivity contribution >= 4 is 40.5 Å². The molecule has 0 aliphatic heterocycles. The molecule has 1 unspecified atom stereocenters. The van der Waals surface area contributed by atoms with Crippen LogP contribution in [0.15, 0.2) is 52.5 Å². The van der Waals surface area contributed by atoms with E-state index in [4.69, 9.17) is 4.42 Å². The van der Waals surface area contributed by atoms with Gasteiger partial charge in [0.15, 0.2) is 16.6 Å². The van der Waals surface area contributed by atoms with Crippen LogP contribution in [0, 0.1) is 0 Å². The highest BCUT2D eigenvalue weighted by Gasteiger charge is 2.15. The monoisotopic (exact) mass is 386 g/mol. The minimum atomic E-state index is -0.226. The van der Waals surface area contributed by atoms with Crippen LogP contribution in [0.2, 0.25) is 0 Å². The molecule has 2 aromatic heterocycles. The number of aromatic nitrogens is 1. The van der Waals surface area contributed by atoms with Crippen LogP contribution < -0.4 is 5.32 Å². The van der Waals surface area contributed by atoms with Gasteiger partial charge in [0.1, 0.15) is 0 Å². The van der Waals surface area contributed by atoms with Crippen LogP contribution in [0.5, 0.6) is 0 Å². The molecule has 0 saturated carbocycles. The first kappa shape index (κ1) is 18.4. The van der Waals surface area contributed by atoms with E-state index >= 15 is 0 Å². The summed E-state index contributed by atoms with van der Waals surface area (Å²) >= 11 is 3.05. The van der Waals surface area contributed by atoms with Gasteiger partial charge >= 0.3 is 0 Å². The second-order valence-corrected chi connectivity index (χ2v) is 7.88. The van der Waals surface area contributed by atoms with E-state index in [1.54, 1.807) is 30.5 Å². The van der Waals surface area contributed by atoms with E-state index in [9.17, 15) is 9.59 Å². The summed E-state index contributed by atoms with van der Waals surface area (Å²) < 4.78 is 5.34. The van der Waals surface area contributed by atoms with Crippen LogP contribution in [0.3, 0.4) is 0 Å². The molecule has 2 heterocycles. The summed E-state index contributed by atoms with van der Waals surface area (Å²) in [7, 11) is 0. The van der Waals surface area contributed by atoms with Gasteiger partial charge in [-0.2, -0.15) is 0 Å². The molecule has 3 rings (SSSR count). The van der Waals surface area contributed by atoms with Crippen LogP contribution >= 0.6 is 23.1 Å². The topological polar surface area (TPSA) is 72.2 Å². The minimum absolute atomic E-state index is 0.00369. The number of amides is 1. The molecule has 1 aromatic carbocycles. The molecule has 0 bridgehead atoms. The largest absolute Gasteiger partial charge is 0.462 e. The number of furan rings is 1. The summed E-state index contributed by atoms with van der Waals surface area (Å²) in [5.74, 6) is 1.33. The number of thioether (sulfide) groups is 1. The van der Waals surface area contributed by atoms with Gasteiger partial charge in [-0.05, 0) is 50.2 Å². The van der Waals surface area contributed by atoms with E-state index in [1.165, 1.54) is 30.0 Å². The second kappa shape index (κ2) is 8.33. The summed E-state index contributed by atoms with van der Waals surface area (Å²) in [6, 6.07) is 10.6. The Morgan fingerprint density at radius 2 is 2.04 bits per heavy atom. The number of hydrogen-bond acceptors (Lipinski definition) is 6. The van der Waals surface area contributed by atoms with Gasteiger partial charge in [-0.25, -0.2) is 4.98 Å². The fraction of sp³-hybridized carbons (Fsp3) is 0.211. The fourth-order valence-electron chi connectivity index (χ4n) is 2.20. The van der Waals surface area contributed by atoms with E-state index in [0.29, 0.717) is 17.0 Å². The number of hydrogen-bond donors (Lipinski definition) is 1. The molecule has 1 N–H and O–H groups in total. The van der Waals surface area contributed by atoms with E-state index in [-0.39, 0.29) is 16.9 Å². The molecule has 7 heteroatoms. The van der Waals surface area contributed by atoms with Crippen LogP contribution in [-0.4, -0.2) is 21.9 Å². The first-order valence-corrected chi connectivity index (χ1v) is 9.97. The zero-order valence-corrected chi connectivity index (χ0v) is 16.0. The van der Waals surface area contributed by atoms with Gasteiger partial charge in [0.05, 0.1) is 17.2 Å². The maximum Gasteiger partial charge on any atom is 0.237 e. The number of carbonyl (C=O) groups excluding carboxylic acids is 2. The first-order chi connectivity index (χ1) is 12.5. The molecule has 0 saturated heterocycles. The van der Waals surface area contributed by atoms with E-state index in [0.717, 1.165) is 16.5 Å². The van der Waals surface area contributed by atoms with Crippen molar-refractivity contribution in [2.24, 2.45) is 0 Å². The van der Waals surface area contributed by atoms with Crippen molar-refractivity contribution in [2.75, 3.05) is 5.32 Å². The maximum atomic E-state index is 12.3. The highest BCUT2D eigenvalue weighted by molar-refractivity contribution is 7.99. The lowest BCUT2D eigenvalue weighted by Gasteiger charge is -2.11. The average molecular weight is 386 g/mol. The standard InChI is InChI=1S/C19H18N2O3S2/c1-12(22)14-5-7-15(8-6-14)20-18(23)13(2)25-10-16-11-26-19(21-16)17-4-3-9-24-17/h3-9,11,13H,10H2,1-2H3,(H,20,23). The molecule has 0 aliphatic carbocycles. The number of anilines is 1. The Morgan fingerprint density at radius 1 is 1.27 bits per heavy atom. The number of ketones is 1. The van der Waals surface area contributed by atoms with Gasteiger partial charge in [-0.15, -0.1) is 23.1 Å². The number of Topliss-reactive ketones (excluding diaryl/α,β-unsaturated/α-hetero) is 1. The lowest BCUT2D eigenvalue weighted by molar-refractivity contribution is -0.115. The normalized spacial score (nSPS) is 11.9. The highest BCUT2D eigenvalue weighted by Crippen LogP contribution is 2.27. The molecular formula is C19H18N2O3S2. The third-order valence-electron chi connectivity index (χ3n) is 3.69. The average Bonchev–Trinajstić information content (AvgIpc) is 3.31. The summed E-state index contributed by atoms with van der Waals surface area (Å²) in [4.78, 5) is 28.1. The number of rotatable bonds is 7. The molecular weight excluding hydrogens is 368 g/mol. The van der Waals surface area contributed by atoms with Crippen molar-refractivity contribution in [2.45, 2.75) is 24.9 Å². The number of nitrogens with one attached hydrogen (secondary N) is 1. The predicted octanol–water partition coefficient (Wildman–Crippen LogP) is 4.87. The number of thiazole rings is 1. The molecule has 0 radical (unpaired) electrons. The fourth-order valence-corrected chi connectivity index (χ4v) is 3.88. The predicted molar refractivity (Wildman–Crippen MR) is 106 cm³/mol. The Bertz CT molecular complexity index is 886. The molecule has 0 aliphatic rings. The first-order valence-electron chi connectivity index (χ1n) is 8.04. The number of benzene rings is 1. The molecule has 26 heavy (non-hydrogen) atoms. The number of carbonyl (C=O) groups is 2. The van der Waals surface area contributed by atoms with Crippen LogP contribution in [0.1, 0.15) is 29.9 Å². The molecule has 1 atom stereocenters. The lowest BCUT2D eigenvalue weighted by atomic mass is 10.1. The van der Waals surface area contributed by atoms with Gasteiger partial charge in [0, 0.05) is 22.4 Å². The molecule has 5 nitrogen and oxygen atoms in total. The van der Waals surface area contributed by atoms with Crippen LogP contribution in [0.4, 0.5) is 5.69 Å². The zero-order valence-electron chi connectivity index (χ0n) is 14.4. The van der Waals surface area contributed by atoms with E-state index in [1.807, 2.05) is 24.4 Å². The Kier molecular flexibility index (Phi) is 5.90. The molecule has 134 valence electrons. The molecule has 3 aromatic rings. The SMILES string of the molecule is CC(=O)c1ccc(NC(=O)C(C)SCc2csc(-c3ccco3)n2)cc1. The quantitative estimate of drug-likeness (QED) is 0.587. The summed E-state index contributed by atoms with van der Waals surface area (Å²) in [5, 5.41) is 5.47. The van der Waals surface area contributed by atoms with Gasteiger partial charge < -0.3 is 9.73 Å². The smallest absolute Gasteiger partial charge is 0.237 e. The van der Waals surface area contributed by atoms with Crippen molar-refractivity contribution in [3.8, 4) is 10.8 Å². The summed E-state index contributed by atoms with van der Waals surface area (Å²) in [6.07, 6.45) is 1.63. The van der Waals surface area contributed by atoms with Crippen LogP contribution in [0.25, 0.3) is 10.8 Å². The van der Waals surface area contributed by atoms with Crippen molar-refractivity contribution < 1.29 is 14.0 Å². The van der Waals surface area contributed by atoms with Crippen molar-refractivity contribution in [3.05, 3.63) is 59.3 Å². The minimum Gasteiger partial charge on any atom is -0.462 e. The highest BCUT2D eigenvalue weighted by atomic mass is 32.2. The number of nitrogens with zero attached hydrogens (tertiary/aromatic N) is 1. The van der Waals surface area contributed by atoms with Gasteiger partial charge in [-0.3, -0.25) is 9.59 Å². The van der Waals surface area contributed by atoms with Gasteiger partial charge in [0.25, 0.3) is 0 Å². The van der Waals surface area contributed by atoms with Gasteiger partial charge in [0.2, 0.25) is 5.91 Å². The third kappa shape index (κ3) is 4.62. The van der Waals surface area contributed by atoms with Crippen molar-refractivity contribution in [3.63, 3.8) is 0 Å². The van der Waals surface area contributed by atoms with Crippen LogP contribution in [-0.2, 0) is 10.5 Å². The van der Waals surface area contributed by atoms with Crippen molar-refractivity contribution in [1.29, 1.82) is 0 Å². The zero-order chi connectivity index (χ0) is 18.5. The Labute approximate surface area is 159 Å². The molecule has 0 spiro atoms. The third-order valence-corrected chi connectivity index (χ3v) is 5.78. The van der Waals surface area contributed by atoms with Gasteiger partial charge in [-0.1, -0.05) is 0 Å². The lowest BCUT2D eigenvalue weighted by Crippen LogP contribution is -2.22. The van der Waals surface area contributed by atoms with E-state index < -0.39 is 0 Å². The second-order valence-electron chi connectivity index (χ2n) is 5.70. The maximum absolute atomic E-state index is 12.3. The summed E-state index contributed by atoms with van der Waals surface area (Å²) in [5.41, 5.74) is 2.24. The molecule has 1 amide bonds. The van der Waals surface area contributed by atoms with Crippen molar-refractivity contribution in [1.82, 2.24) is 4.98 Å². The summed E-state index contributed by atoms with van der Waals surface area (Å²) in [6.45, 7) is 3.38. The molecule has 0 fully saturated rings. The Balaban J connectivity index is 1.52. The Morgan fingerprint density at radius 3 is 2.69 bits per heavy atom. The Hall–Kier alpha value is -2.38.